The number of hydrogen-bond donors (Lipinski definition) is 1. The van der Waals surface area contributed by atoms with Crippen molar-refractivity contribution in [1.29, 1.82) is 0 Å². The van der Waals surface area contributed by atoms with Crippen molar-refractivity contribution < 1.29 is 9.53 Å². The maximum absolute atomic E-state index is 12.3. The molecule has 0 aromatic carbocycles. The smallest absolute Gasteiger partial charge is 0.410 e. The SMILES string of the molecule is CC1CC(NCC2CCCCN2C)CCN1C(=O)OC(C)(C)C. The molecule has 2 fully saturated rings. The highest BCUT2D eigenvalue weighted by Gasteiger charge is 2.32. The van der Waals surface area contributed by atoms with E-state index in [1.165, 1.54) is 25.8 Å². The fourth-order valence-electron chi connectivity index (χ4n) is 3.65. The van der Waals surface area contributed by atoms with Crippen LogP contribution in [0.4, 0.5) is 4.79 Å². The highest BCUT2D eigenvalue weighted by molar-refractivity contribution is 5.68. The molecular weight excluding hydrogens is 290 g/mol. The summed E-state index contributed by atoms with van der Waals surface area (Å²) < 4.78 is 5.51. The van der Waals surface area contributed by atoms with Crippen molar-refractivity contribution in [1.82, 2.24) is 15.1 Å². The molecule has 2 rings (SSSR count). The molecule has 0 radical (unpaired) electrons. The van der Waals surface area contributed by atoms with Gasteiger partial charge in [0.25, 0.3) is 0 Å². The molecule has 3 atom stereocenters. The fraction of sp³-hybridized carbons (Fsp3) is 0.944. The van der Waals surface area contributed by atoms with Crippen LogP contribution in [0.2, 0.25) is 0 Å². The molecule has 0 bridgehead atoms. The maximum Gasteiger partial charge on any atom is 0.410 e. The topological polar surface area (TPSA) is 44.8 Å². The first kappa shape index (κ1) is 18.5. The third-order valence-corrected chi connectivity index (χ3v) is 5.07. The summed E-state index contributed by atoms with van der Waals surface area (Å²) >= 11 is 0. The van der Waals surface area contributed by atoms with Crippen molar-refractivity contribution in [2.75, 3.05) is 26.7 Å². The minimum Gasteiger partial charge on any atom is -0.444 e. The van der Waals surface area contributed by atoms with Crippen molar-refractivity contribution in [2.45, 2.75) is 83.5 Å². The van der Waals surface area contributed by atoms with Crippen LogP contribution in [0.25, 0.3) is 0 Å². The largest absolute Gasteiger partial charge is 0.444 e. The highest BCUT2D eigenvalue weighted by atomic mass is 16.6. The summed E-state index contributed by atoms with van der Waals surface area (Å²) in [4.78, 5) is 16.6. The van der Waals surface area contributed by atoms with Gasteiger partial charge in [-0.25, -0.2) is 4.79 Å². The molecule has 0 aromatic heterocycles. The van der Waals surface area contributed by atoms with Gasteiger partial charge in [-0.15, -0.1) is 0 Å². The molecular formula is C18H35N3O2. The molecule has 23 heavy (non-hydrogen) atoms. The van der Waals surface area contributed by atoms with Gasteiger partial charge >= 0.3 is 6.09 Å². The van der Waals surface area contributed by atoms with E-state index in [0.717, 1.165) is 25.9 Å². The Hall–Kier alpha value is -0.810. The number of nitrogens with one attached hydrogen (secondary N) is 1. The number of hydrogen-bond acceptors (Lipinski definition) is 4. The van der Waals surface area contributed by atoms with E-state index in [-0.39, 0.29) is 12.1 Å². The van der Waals surface area contributed by atoms with Crippen LogP contribution in [-0.2, 0) is 4.74 Å². The van der Waals surface area contributed by atoms with Gasteiger partial charge in [-0.2, -0.15) is 0 Å². The van der Waals surface area contributed by atoms with E-state index >= 15 is 0 Å². The molecule has 0 saturated carbocycles. The molecule has 2 heterocycles. The number of likely N-dealkylation sites (N-methyl/N-ethyl adjacent to an activating group) is 1. The van der Waals surface area contributed by atoms with Crippen molar-refractivity contribution in [2.24, 2.45) is 0 Å². The third kappa shape index (κ3) is 5.64. The molecule has 134 valence electrons. The number of piperidine rings is 2. The van der Waals surface area contributed by atoms with E-state index in [0.29, 0.717) is 12.1 Å². The van der Waals surface area contributed by atoms with Crippen LogP contribution in [0.15, 0.2) is 0 Å². The standard InChI is InChI=1S/C18H35N3O2/c1-14-12-15(19-13-16-8-6-7-10-20(16)5)9-11-21(14)17(22)23-18(2,3)4/h14-16,19H,6-13H2,1-5H3. The second-order valence-electron chi connectivity index (χ2n) is 8.28. The van der Waals surface area contributed by atoms with E-state index in [1.54, 1.807) is 0 Å². The first-order chi connectivity index (χ1) is 10.8. The summed E-state index contributed by atoms with van der Waals surface area (Å²) in [6, 6.07) is 1.42. The molecule has 2 aliphatic heterocycles. The third-order valence-electron chi connectivity index (χ3n) is 5.07. The number of nitrogens with zero attached hydrogens (tertiary/aromatic N) is 2. The van der Waals surface area contributed by atoms with Crippen molar-refractivity contribution in [3.05, 3.63) is 0 Å². The summed E-state index contributed by atoms with van der Waals surface area (Å²) in [5.74, 6) is 0. The number of amides is 1. The van der Waals surface area contributed by atoms with Crippen molar-refractivity contribution in [3.8, 4) is 0 Å². The summed E-state index contributed by atoms with van der Waals surface area (Å²) in [6.45, 7) is 11.0. The molecule has 0 aliphatic carbocycles. The Balaban J connectivity index is 1.76. The van der Waals surface area contributed by atoms with Gasteiger partial charge in [-0.3, -0.25) is 0 Å². The van der Waals surface area contributed by atoms with Gasteiger partial charge in [0.15, 0.2) is 0 Å². The first-order valence-corrected chi connectivity index (χ1v) is 9.19. The Kier molecular flexibility index (Phi) is 6.32. The number of carbonyl (C=O) groups excluding carboxylic acids is 1. The summed E-state index contributed by atoms with van der Waals surface area (Å²) in [7, 11) is 2.24. The van der Waals surface area contributed by atoms with Crippen LogP contribution in [-0.4, -0.2) is 66.3 Å². The minimum absolute atomic E-state index is 0.171. The van der Waals surface area contributed by atoms with Gasteiger partial charge in [0.1, 0.15) is 5.60 Å². The second kappa shape index (κ2) is 7.84. The first-order valence-electron chi connectivity index (χ1n) is 9.19. The number of ether oxygens (including phenoxy) is 1. The van der Waals surface area contributed by atoms with Crippen LogP contribution in [0, 0.1) is 0 Å². The molecule has 1 N–H and O–H groups in total. The van der Waals surface area contributed by atoms with Gasteiger partial charge in [0.05, 0.1) is 0 Å². The van der Waals surface area contributed by atoms with Crippen LogP contribution in [0.5, 0.6) is 0 Å². The van der Waals surface area contributed by atoms with Crippen molar-refractivity contribution >= 4 is 6.09 Å². The summed E-state index contributed by atoms with van der Waals surface area (Å²) in [6.07, 6.45) is 5.84. The zero-order chi connectivity index (χ0) is 17.0. The Morgan fingerprint density at radius 2 is 1.96 bits per heavy atom. The van der Waals surface area contributed by atoms with E-state index < -0.39 is 5.60 Å². The predicted octanol–water partition coefficient (Wildman–Crippen LogP) is 2.85. The lowest BCUT2D eigenvalue weighted by Gasteiger charge is -2.40. The van der Waals surface area contributed by atoms with Gasteiger partial charge in [-0.1, -0.05) is 6.42 Å². The molecule has 2 aliphatic rings. The number of rotatable bonds is 3. The minimum atomic E-state index is -0.419. The molecule has 5 heteroatoms. The molecule has 0 spiro atoms. The highest BCUT2D eigenvalue weighted by Crippen LogP contribution is 2.21. The molecule has 0 aromatic rings. The fourth-order valence-corrected chi connectivity index (χ4v) is 3.65. The Bertz CT molecular complexity index is 394. The normalized spacial score (nSPS) is 30.3. The zero-order valence-electron chi connectivity index (χ0n) is 15.6. The number of carbonyl (C=O) groups is 1. The van der Waals surface area contributed by atoms with Gasteiger partial charge < -0.3 is 19.9 Å². The Morgan fingerprint density at radius 1 is 1.22 bits per heavy atom. The van der Waals surface area contributed by atoms with Crippen LogP contribution < -0.4 is 5.32 Å². The van der Waals surface area contributed by atoms with E-state index in [9.17, 15) is 4.79 Å². The lowest BCUT2D eigenvalue weighted by Crippen LogP contribution is -2.53. The maximum atomic E-state index is 12.3. The Labute approximate surface area is 141 Å². The van der Waals surface area contributed by atoms with E-state index in [4.69, 9.17) is 4.74 Å². The van der Waals surface area contributed by atoms with Crippen LogP contribution >= 0.6 is 0 Å². The van der Waals surface area contributed by atoms with Gasteiger partial charge in [-0.05, 0) is 67.0 Å². The lowest BCUT2D eigenvalue weighted by molar-refractivity contribution is 0.00907. The predicted molar refractivity (Wildman–Crippen MR) is 93.7 cm³/mol. The zero-order valence-corrected chi connectivity index (χ0v) is 15.6. The average molecular weight is 325 g/mol. The Morgan fingerprint density at radius 3 is 2.57 bits per heavy atom. The van der Waals surface area contributed by atoms with E-state index in [1.807, 2.05) is 25.7 Å². The molecule has 1 amide bonds. The monoisotopic (exact) mass is 325 g/mol. The lowest BCUT2D eigenvalue weighted by atomic mass is 9.97. The van der Waals surface area contributed by atoms with Crippen molar-refractivity contribution in [3.63, 3.8) is 0 Å². The number of likely N-dealkylation sites (tertiary alicyclic amines) is 2. The van der Waals surface area contributed by atoms with Crippen LogP contribution in [0.3, 0.4) is 0 Å². The molecule has 3 unspecified atom stereocenters. The average Bonchev–Trinajstić information content (AvgIpc) is 2.44. The second-order valence-corrected chi connectivity index (χ2v) is 8.28. The van der Waals surface area contributed by atoms with Gasteiger partial charge in [0, 0.05) is 31.2 Å². The van der Waals surface area contributed by atoms with Gasteiger partial charge in [0.2, 0.25) is 0 Å². The molecule has 2 saturated heterocycles. The van der Waals surface area contributed by atoms with Crippen LogP contribution in [0.1, 0.15) is 59.8 Å². The summed E-state index contributed by atoms with van der Waals surface area (Å²) in [5.41, 5.74) is -0.419. The quantitative estimate of drug-likeness (QED) is 0.866. The summed E-state index contributed by atoms with van der Waals surface area (Å²) in [5, 5.41) is 3.74. The molecule has 5 nitrogen and oxygen atoms in total. The van der Waals surface area contributed by atoms with E-state index in [2.05, 4.69) is 24.2 Å².